The van der Waals surface area contributed by atoms with Crippen LogP contribution in [0.1, 0.15) is 46.0 Å². The molecule has 0 aliphatic heterocycles. The summed E-state index contributed by atoms with van der Waals surface area (Å²) < 4.78 is 0. The molecule has 0 radical (unpaired) electrons. The topological polar surface area (TPSA) is 21.1 Å². The molecule has 1 saturated carbocycles. The van der Waals surface area contributed by atoms with Crippen molar-refractivity contribution in [3.63, 3.8) is 0 Å². The lowest BCUT2D eigenvalue weighted by Crippen LogP contribution is -3.06. The second-order valence-corrected chi connectivity index (χ2v) is 6.17. The van der Waals surface area contributed by atoms with Crippen molar-refractivity contribution in [2.45, 2.75) is 52.0 Å². The van der Waals surface area contributed by atoms with Gasteiger partial charge in [-0.05, 0) is 30.8 Å². The third-order valence-electron chi connectivity index (χ3n) is 3.59. The molecule has 2 nitrogen and oxygen atoms in total. The zero-order valence-corrected chi connectivity index (χ0v) is 12.3. The van der Waals surface area contributed by atoms with Gasteiger partial charge in [-0.25, -0.2) is 0 Å². The maximum Gasteiger partial charge on any atom is 0.107 e. The zero-order chi connectivity index (χ0) is 12.7. The van der Waals surface area contributed by atoms with E-state index in [1.807, 2.05) is 0 Å². The largest absolute Gasteiger partial charge is 0.340 e. The Kier molecular flexibility index (Phi) is 6.83. The fourth-order valence-corrected chi connectivity index (χ4v) is 2.74. The quantitative estimate of drug-likeness (QED) is 0.501. The van der Waals surface area contributed by atoms with Gasteiger partial charge in [-0.2, -0.15) is 0 Å². The Morgan fingerprint density at radius 3 is 2.76 bits per heavy atom. The van der Waals surface area contributed by atoms with Crippen molar-refractivity contribution in [3.8, 4) is 0 Å². The summed E-state index contributed by atoms with van der Waals surface area (Å²) in [6.07, 6.45) is 9.43. The highest BCUT2D eigenvalue weighted by molar-refractivity contribution is 5.10. The molecule has 100 valence electrons. The van der Waals surface area contributed by atoms with E-state index >= 15 is 0 Å². The van der Waals surface area contributed by atoms with Gasteiger partial charge >= 0.3 is 0 Å². The van der Waals surface area contributed by atoms with E-state index in [0.29, 0.717) is 5.92 Å². The SMILES string of the molecule is CC(C)C=C1CCCC[C@@H]1[NH2+]CCC[NH+](C)C. The van der Waals surface area contributed by atoms with Crippen LogP contribution in [0.15, 0.2) is 11.6 Å². The number of nitrogens with one attached hydrogen (secondary N) is 1. The first-order valence-corrected chi connectivity index (χ1v) is 7.42. The molecule has 0 unspecified atom stereocenters. The van der Waals surface area contributed by atoms with Crippen LogP contribution in [0, 0.1) is 5.92 Å². The third kappa shape index (κ3) is 6.23. The van der Waals surface area contributed by atoms with E-state index in [2.05, 4.69) is 39.3 Å². The Bertz CT molecular complexity index is 231. The maximum atomic E-state index is 2.59. The molecular formula is C15H32N2+2. The van der Waals surface area contributed by atoms with E-state index < -0.39 is 0 Å². The molecule has 1 atom stereocenters. The summed E-state index contributed by atoms with van der Waals surface area (Å²) in [5.41, 5.74) is 1.73. The number of rotatable bonds is 6. The molecule has 0 amide bonds. The smallest absolute Gasteiger partial charge is 0.107 e. The molecule has 17 heavy (non-hydrogen) atoms. The molecule has 0 bridgehead atoms. The van der Waals surface area contributed by atoms with Crippen LogP contribution in [-0.2, 0) is 0 Å². The van der Waals surface area contributed by atoms with Crippen LogP contribution < -0.4 is 10.2 Å². The molecule has 0 aromatic rings. The Morgan fingerprint density at radius 2 is 2.12 bits per heavy atom. The standard InChI is InChI=1S/C15H30N2/c1-13(2)12-14-8-5-6-9-15(14)16-10-7-11-17(3)4/h12-13,15-16H,5-11H2,1-4H3/p+2/t15-/m0/s1. The lowest BCUT2D eigenvalue weighted by Gasteiger charge is -2.24. The van der Waals surface area contributed by atoms with Gasteiger partial charge in [-0.3, -0.25) is 0 Å². The van der Waals surface area contributed by atoms with Gasteiger partial charge < -0.3 is 10.2 Å². The molecular weight excluding hydrogens is 208 g/mol. The lowest BCUT2D eigenvalue weighted by molar-refractivity contribution is -0.860. The molecule has 2 heteroatoms. The molecule has 1 rings (SSSR count). The minimum absolute atomic E-state index is 0.713. The molecule has 0 saturated heterocycles. The van der Waals surface area contributed by atoms with E-state index in [4.69, 9.17) is 0 Å². The number of nitrogens with two attached hydrogens (primary N) is 1. The van der Waals surface area contributed by atoms with Gasteiger partial charge in [0.25, 0.3) is 0 Å². The first-order chi connectivity index (χ1) is 8.09. The van der Waals surface area contributed by atoms with E-state index in [1.54, 1.807) is 10.5 Å². The number of hydrogen-bond acceptors (Lipinski definition) is 0. The fraction of sp³-hybridized carbons (Fsp3) is 0.867. The van der Waals surface area contributed by atoms with Gasteiger partial charge in [-0.15, -0.1) is 0 Å². The molecule has 1 fully saturated rings. The second kappa shape index (κ2) is 7.88. The van der Waals surface area contributed by atoms with Crippen molar-refractivity contribution in [1.82, 2.24) is 0 Å². The summed E-state index contributed by atoms with van der Waals surface area (Å²) in [5.74, 6) is 0.713. The van der Waals surface area contributed by atoms with Gasteiger partial charge in [0.05, 0.1) is 27.2 Å². The highest BCUT2D eigenvalue weighted by atomic mass is 15.1. The van der Waals surface area contributed by atoms with Crippen molar-refractivity contribution in [3.05, 3.63) is 11.6 Å². The summed E-state index contributed by atoms with van der Waals surface area (Å²) in [4.78, 5) is 1.57. The van der Waals surface area contributed by atoms with Gasteiger partial charge in [0.2, 0.25) is 0 Å². The predicted octanol–water partition coefficient (Wildman–Crippen LogP) is 0.609. The maximum absolute atomic E-state index is 2.59. The average Bonchev–Trinajstić information content (AvgIpc) is 2.25. The van der Waals surface area contributed by atoms with Crippen LogP contribution in [0.4, 0.5) is 0 Å². The number of quaternary nitrogens is 2. The van der Waals surface area contributed by atoms with Gasteiger partial charge in [0.15, 0.2) is 0 Å². The van der Waals surface area contributed by atoms with Crippen molar-refractivity contribution >= 4 is 0 Å². The summed E-state index contributed by atoms with van der Waals surface area (Å²) in [6, 6.07) is 0.795. The van der Waals surface area contributed by atoms with Crippen LogP contribution in [0.5, 0.6) is 0 Å². The van der Waals surface area contributed by atoms with E-state index in [9.17, 15) is 0 Å². The number of hydrogen-bond donors (Lipinski definition) is 2. The molecule has 3 N–H and O–H groups in total. The summed E-state index contributed by atoms with van der Waals surface area (Å²) in [5, 5.41) is 2.59. The highest BCUT2D eigenvalue weighted by Crippen LogP contribution is 2.22. The molecule has 0 aromatic heterocycles. The van der Waals surface area contributed by atoms with Crippen molar-refractivity contribution < 1.29 is 10.2 Å². The number of allylic oxidation sites excluding steroid dienone is 1. The molecule has 0 spiro atoms. The Morgan fingerprint density at radius 1 is 1.35 bits per heavy atom. The van der Waals surface area contributed by atoms with Crippen molar-refractivity contribution in [2.24, 2.45) is 5.92 Å². The van der Waals surface area contributed by atoms with Crippen LogP contribution in [0.2, 0.25) is 0 Å². The zero-order valence-electron chi connectivity index (χ0n) is 12.3. The molecule has 0 aromatic carbocycles. The Balaban J connectivity index is 2.33. The molecule has 1 aliphatic rings. The third-order valence-corrected chi connectivity index (χ3v) is 3.59. The first kappa shape index (κ1) is 14.7. The van der Waals surface area contributed by atoms with Crippen molar-refractivity contribution in [1.29, 1.82) is 0 Å². The van der Waals surface area contributed by atoms with Crippen LogP contribution in [-0.4, -0.2) is 33.2 Å². The fourth-order valence-electron chi connectivity index (χ4n) is 2.74. The second-order valence-electron chi connectivity index (χ2n) is 6.17. The van der Waals surface area contributed by atoms with Gasteiger partial charge in [0.1, 0.15) is 6.04 Å². The van der Waals surface area contributed by atoms with Gasteiger partial charge in [-0.1, -0.05) is 19.9 Å². The summed E-state index contributed by atoms with van der Waals surface area (Å²) in [6.45, 7) is 7.19. The van der Waals surface area contributed by atoms with Crippen LogP contribution in [0.25, 0.3) is 0 Å². The highest BCUT2D eigenvalue weighted by Gasteiger charge is 2.21. The predicted molar refractivity (Wildman–Crippen MR) is 74.3 cm³/mol. The van der Waals surface area contributed by atoms with E-state index in [-0.39, 0.29) is 0 Å². The minimum Gasteiger partial charge on any atom is -0.340 e. The monoisotopic (exact) mass is 240 g/mol. The lowest BCUT2D eigenvalue weighted by atomic mass is 9.88. The minimum atomic E-state index is 0.713. The first-order valence-electron chi connectivity index (χ1n) is 7.42. The Labute approximate surface area is 107 Å². The molecule has 0 heterocycles. The van der Waals surface area contributed by atoms with Crippen LogP contribution in [0.3, 0.4) is 0 Å². The van der Waals surface area contributed by atoms with Crippen LogP contribution >= 0.6 is 0 Å². The molecule has 1 aliphatic carbocycles. The Hall–Kier alpha value is -0.340. The summed E-state index contributed by atoms with van der Waals surface area (Å²) in [7, 11) is 4.48. The van der Waals surface area contributed by atoms with E-state index in [0.717, 1.165) is 6.04 Å². The summed E-state index contributed by atoms with van der Waals surface area (Å²) >= 11 is 0. The average molecular weight is 240 g/mol. The van der Waals surface area contributed by atoms with E-state index in [1.165, 1.54) is 45.2 Å². The normalized spacial score (nSPS) is 23.9. The van der Waals surface area contributed by atoms with Crippen molar-refractivity contribution in [2.75, 3.05) is 27.2 Å². The van der Waals surface area contributed by atoms with Gasteiger partial charge in [0, 0.05) is 12.8 Å².